The molecule has 0 amide bonds. The van der Waals surface area contributed by atoms with Gasteiger partial charge in [-0.15, -0.1) is 11.8 Å². The number of aliphatic hydroxyl groups excluding tert-OH is 1. The standard InChI is InChI=1S/C18H18OS/c19-17(14-13-16-8-3-1-4-9-16)10-7-15-20-18-11-5-2-6-12-18/h1-6,8-9,11-12,17,19H,13-15H2. The summed E-state index contributed by atoms with van der Waals surface area (Å²) in [6.45, 7) is 0. The highest BCUT2D eigenvalue weighted by Gasteiger charge is 1.99. The summed E-state index contributed by atoms with van der Waals surface area (Å²) < 4.78 is 0. The fourth-order valence-corrected chi connectivity index (χ4v) is 2.49. The monoisotopic (exact) mass is 282 g/mol. The Bertz CT molecular complexity index is 554. The van der Waals surface area contributed by atoms with Crippen LogP contribution in [0.1, 0.15) is 12.0 Å². The van der Waals surface area contributed by atoms with Crippen molar-refractivity contribution in [1.29, 1.82) is 0 Å². The van der Waals surface area contributed by atoms with E-state index in [9.17, 15) is 5.11 Å². The van der Waals surface area contributed by atoms with Crippen LogP contribution >= 0.6 is 11.8 Å². The highest BCUT2D eigenvalue weighted by molar-refractivity contribution is 7.99. The van der Waals surface area contributed by atoms with Crippen LogP contribution < -0.4 is 0 Å². The Morgan fingerprint density at radius 1 is 0.950 bits per heavy atom. The predicted octanol–water partition coefficient (Wildman–Crippen LogP) is 3.78. The Hall–Kier alpha value is -1.69. The maximum absolute atomic E-state index is 9.82. The van der Waals surface area contributed by atoms with E-state index in [2.05, 4.69) is 36.1 Å². The molecule has 2 heteroatoms. The number of benzene rings is 2. The van der Waals surface area contributed by atoms with Crippen LogP contribution in [0.15, 0.2) is 65.6 Å². The maximum atomic E-state index is 9.82. The number of thioether (sulfide) groups is 1. The van der Waals surface area contributed by atoms with E-state index in [1.807, 2.05) is 36.4 Å². The molecule has 1 atom stereocenters. The van der Waals surface area contributed by atoms with Gasteiger partial charge in [0.2, 0.25) is 0 Å². The highest BCUT2D eigenvalue weighted by Crippen LogP contribution is 2.15. The molecule has 102 valence electrons. The largest absolute Gasteiger partial charge is 0.380 e. The number of aliphatic hydroxyl groups is 1. The zero-order valence-electron chi connectivity index (χ0n) is 11.3. The first-order valence-electron chi connectivity index (χ1n) is 6.73. The summed E-state index contributed by atoms with van der Waals surface area (Å²) in [6.07, 6.45) is 1.02. The van der Waals surface area contributed by atoms with Gasteiger partial charge >= 0.3 is 0 Å². The van der Waals surface area contributed by atoms with Gasteiger partial charge in [0.25, 0.3) is 0 Å². The van der Waals surface area contributed by atoms with Crippen LogP contribution in [0.25, 0.3) is 0 Å². The van der Waals surface area contributed by atoms with Crippen molar-refractivity contribution in [3.05, 3.63) is 66.2 Å². The van der Waals surface area contributed by atoms with E-state index in [4.69, 9.17) is 0 Å². The third kappa shape index (κ3) is 5.52. The minimum absolute atomic E-state index is 0.536. The Balaban J connectivity index is 1.70. The molecule has 0 bridgehead atoms. The van der Waals surface area contributed by atoms with E-state index in [-0.39, 0.29) is 0 Å². The smallest absolute Gasteiger partial charge is 0.115 e. The molecule has 0 radical (unpaired) electrons. The summed E-state index contributed by atoms with van der Waals surface area (Å²) >= 11 is 1.69. The summed E-state index contributed by atoms with van der Waals surface area (Å²) in [5.41, 5.74) is 1.24. The summed E-state index contributed by atoms with van der Waals surface area (Å²) in [6, 6.07) is 20.4. The minimum Gasteiger partial charge on any atom is -0.380 e. The van der Waals surface area contributed by atoms with Crippen molar-refractivity contribution in [2.24, 2.45) is 0 Å². The van der Waals surface area contributed by atoms with Crippen molar-refractivity contribution in [3.63, 3.8) is 0 Å². The molecule has 20 heavy (non-hydrogen) atoms. The molecule has 1 nitrogen and oxygen atoms in total. The van der Waals surface area contributed by atoms with Crippen molar-refractivity contribution >= 4 is 11.8 Å². The third-order valence-electron chi connectivity index (χ3n) is 2.87. The summed E-state index contributed by atoms with van der Waals surface area (Å²) in [5, 5.41) is 9.82. The van der Waals surface area contributed by atoms with Crippen LogP contribution in [-0.4, -0.2) is 17.0 Å². The number of aryl methyl sites for hydroxylation is 1. The van der Waals surface area contributed by atoms with Crippen molar-refractivity contribution in [3.8, 4) is 11.8 Å². The molecule has 2 rings (SSSR count). The van der Waals surface area contributed by atoms with Gasteiger partial charge in [0.15, 0.2) is 0 Å². The Labute approximate surface area is 125 Å². The lowest BCUT2D eigenvalue weighted by atomic mass is 10.1. The number of rotatable bonds is 5. The molecule has 2 aromatic rings. The summed E-state index contributed by atoms with van der Waals surface area (Å²) in [4.78, 5) is 1.21. The SMILES string of the molecule is OC(C#CCSc1ccccc1)CCc1ccccc1. The topological polar surface area (TPSA) is 20.2 Å². The van der Waals surface area contributed by atoms with Gasteiger partial charge in [-0.05, 0) is 30.5 Å². The Kier molecular flexibility index (Phi) is 6.23. The van der Waals surface area contributed by atoms with Crippen molar-refractivity contribution in [1.82, 2.24) is 0 Å². The van der Waals surface area contributed by atoms with E-state index in [0.717, 1.165) is 6.42 Å². The van der Waals surface area contributed by atoms with Gasteiger partial charge in [-0.1, -0.05) is 60.4 Å². The van der Waals surface area contributed by atoms with Gasteiger partial charge < -0.3 is 5.11 Å². The van der Waals surface area contributed by atoms with Gasteiger partial charge in [0.05, 0.1) is 5.75 Å². The van der Waals surface area contributed by atoms with Crippen LogP contribution in [0, 0.1) is 11.8 Å². The Morgan fingerprint density at radius 2 is 1.60 bits per heavy atom. The van der Waals surface area contributed by atoms with E-state index < -0.39 is 6.10 Å². The van der Waals surface area contributed by atoms with Crippen molar-refractivity contribution in [2.75, 3.05) is 5.75 Å². The van der Waals surface area contributed by atoms with E-state index in [0.29, 0.717) is 12.2 Å². The normalized spacial score (nSPS) is 11.4. The number of hydrogen-bond donors (Lipinski definition) is 1. The zero-order valence-corrected chi connectivity index (χ0v) is 12.1. The van der Waals surface area contributed by atoms with Crippen LogP contribution in [-0.2, 0) is 6.42 Å². The molecule has 0 aliphatic heterocycles. The molecule has 0 heterocycles. The second kappa shape index (κ2) is 8.47. The molecule has 1 N–H and O–H groups in total. The van der Waals surface area contributed by atoms with Gasteiger partial charge in [-0.3, -0.25) is 0 Å². The second-order valence-electron chi connectivity index (χ2n) is 4.46. The molecule has 0 spiro atoms. The van der Waals surface area contributed by atoms with Gasteiger partial charge in [-0.2, -0.15) is 0 Å². The first-order valence-corrected chi connectivity index (χ1v) is 7.71. The lowest BCUT2D eigenvalue weighted by Crippen LogP contribution is -2.04. The molecule has 0 aromatic heterocycles. The summed E-state index contributed by atoms with van der Waals surface area (Å²) in [7, 11) is 0. The van der Waals surface area contributed by atoms with E-state index >= 15 is 0 Å². The maximum Gasteiger partial charge on any atom is 0.115 e. The molecular weight excluding hydrogens is 264 g/mol. The first-order chi connectivity index (χ1) is 9.84. The quantitative estimate of drug-likeness (QED) is 0.665. The number of hydrogen-bond acceptors (Lipinski definition) is 2. The van der Waals surface area contributed by atoms with Gasteiger partial charge in [0.1, 0.15) is 6.10 Å². The van der Waals surface area contributed by atoms with Crippen LogP contribution in [0.4, 0.5) is 0 Å². The first kappa shape index (κ1) is 14.7. The van der Waals surface area contributed by atoms with Crippen LogP contribution in [0.3, 0.4) is 0 Å². The molecular formula is C18H18OS. The fourth-order valence-electron chi connectivity index (χ4n) is 1.82. The summed E-state index contributed by atoms with van der Waals surface area (Å²) in [5.74, 6) is 6.66. The molecule has 2 aromatic carbocycles. The van der Waals surface area contributed by atoms with Crippen LogP contribution in [0.5, 0.6) is 0 Å². The average molecular weight is 282 g/mol. The zero-order chi connectivity index (χ0) is 14.0. The molecule has 0 saturated heterocycles. The van der Waals surface area contributed by atoms with Gasteiger partial charge in [-0.25, -0.2) is 0 Å². The van der Waals surface area contributed by atoms with E-state index in [1.54, 1.807) is 11.8 Å². The average Bonchev–Trinajstić information content (AvgIpc) is 2.52. The molecule has 0 aliphatic rings. The lowest BCUT2D eigenvalue weighted by molar-refractivity contribution is 0.222. The predicted molar refractivity (Wildman–Crippen MR) is 85.7 cm³/mol. The van der Waals surface area contributed by atoms with Crippen molar-refractivity contribution < 1.29 is 5.11 Å². The highest BCUT2D eigenvalue weighted by atomic mass is 32.2. The van der Waals surface area contributed by atoms with Crippen molar-refractivity contribution in [2.45, 2.75) is 23.8 Å². The molecule has 0 aliphatic carbocycles. The molecule has 1 unspecified atom stereocenters. The fraction of sp³-hybridized carbons (Fsp3) is 0.222. The van der Waals surface area contributed by atoms with E-state index in [1.165, 1.54) is 10.5 Å². The van der Waals surface area contributed by atoms with Gasteiger partial charge in [0, 0.05) is 4.90 Å². The Morgan fingerprint density at radius 3 is 2.30 bits per heavy atom. The minimum atomic E-state index is -0.536. The van der Waals surface area contributed by atoms with Crippen LogP contribution in [0.2, 0.25) is 0 Å². The second-order valence-corrected chi connectivity index (χ2v) is 5.51. The molecule has 0 fully saturated rings. The molecule has 0 saturated carbocycles. The third-order valence-corrected chi connectivity index (χ3v) is 3.77. The lowest BCUT2D eigenvalue weighted by Gasteiger charge is -2.03.